The van der Waals surface area contributed by atoms with Crippen molar-refractivity contribution in [1.29, 1.82) is 0 Å². The second-order valence-corrected chi connectivity index (χ2v) is 3.37. The Balaban J connectivity index is 3.67. The maximum absolute atomic E-state index is 9.97. The van der Waals surface area contributed by atoms with Crippen molar-refractivity contribution in [2.45, 2.75) is 38.7 Å². The van der Waals surface area contributed by atoms with Gasteiger partial charge in [-0.2, -0.15) is 0 Å². The molecule has 0 radical (unpaired) electrons. The molecule has 0 fully saturated rings. The number of hydrogen-bond acceptors (Lipinski definition) is 3. The van der Waals surface area contributed by atoms with Crippen molar-refractivity contribution in [3.05, 3.63) is 0 Å². The summed E-state index contributed by atoms with van der Waals surface area (Å²) < 4.78 is 10.3. The van der Waals surface area contributed by atoms with E-state index in [1.54, 1.807) is 7.11 Å². The Morgan fingerprint density at radius 2 is 1.92 bits per heavy atom. The molecule has 0 aliphatic rings. The van der Waals surface area contributed by atoms with Gasteiger partial charge in [0.15, 0.2) is 0 Å². The first-order chi connectivity index (χ1) is 6.18. The van der Waals surface area contributed by atoms with Crippen molar-refractivity contribution in [2.75, 3.05) is 26.9 Å². The lowest BCUT2D eigenvalue weighted by Gasteiger charge is -2.26. The van der Waals surface area contributed by atoms with Gasteiger partial charge in [-0.05, 0) is 12.8 Å². The fourth-order valence-corrected chi connectivity index (χ4v) is 1.05. The Labute approximate surface area is 81.0 Å². The third-order valence-electron chi connectivity index (χ3n) is 2.15. The molecule has 0 aromatic heterocycles. The van der Waals surface area contributed by atoms with Crippen LogP contribution in [0.25, 0.3) is 0 Å². The second kappa shape index (κ2) is 7.30. The van der Waals surface area contributed by atoms with Crippen molar-refractivity contribution >= 4 is 0 Å². The van der Waals surface area contributed by atoms with Gasteiger partial charge < -0.3 is 14.6 Å². The van der Waals surface area contributed by atoms with Crippen LogP contribution in [0.5, 0.6) is 0 Å². The molecule has 1 atom stereocenters. The summed E-state index contributed by atoms with van der Waals surface area (Å²) in [7, 11) is 1.64. The zero-order valence-electron chi connectivity index (χ0n) is 9.01. The smallest absolute Gasteiger partial charge is 0.0899 e. The van der Waals surface area contributed by atoms with Gasteiger partial charge in [0.1, 0.15) is 0 Å². The minimum atomic E-state index is -0.703. The summed E-state index contributed by atoms with van der Waals surface area (Å²) in [5.41, 5.74) is -0.703. The van der Waals surface area contributed by atoms with E-state index in [-0.39, 0.29) is 0 Å². The number of rotatable bonds is 8. The lowest BCUT2D eigenvalue weighted by molar-refractivity contribution is -0.0642. The Bertz CT molecular complexity index is 117. The van der Waals surface area contributed by atoms with Crippen LogP contribution in [-0.2, 0) is 9.47 Å². The summed E-state index contributed by atoms with van der Waals surface area (Å²) in [6, 6.07) is 0. The van der Waals surface area contributed by atoms with Crippen LogP contribution >= 0.6 is 0 Å². The van der Waals surface area contributed by atoms with Crippen molar-refractivity contribution in [3.63, 3.8) is 0 Å². The van der Waals surface area contributed by atoms with E-state index in [4.69, 9.17) is 9.47 Å². The Morgan fingerprint density at radius 1 is 1.23 bits per heavy atom. The highest BCUT2D eigenvalue weighted by Gasteiger charge is 2.24. The molecule has 1 N–H and O–H groups in total. The zero-order chi connectivity index (χ0) is 10.2. The molecule has 0 spiro atoms. The summed E-state index contributed by atoms with van der Waals surface area (Å²) >= 11 is 0. The molecule has 80 valence electrons. The molecule has 0 aromatic carbocycles. The molecule has 0 aliphatic heterocycles. The molecule has 3 heteroatoms. The maximum Gasteiger partial charge on any atom is 0.0899 e. The standard InChI is InChI=1S/C10H22O3/c1-4-7-13-9-10(11,5-2)6-8-12-3/h11H,4-9H2,1-3H3. The summed E-state index contributed by atoms with van der Waals surface area (Å²) in [4.78, 5) is 0. The maximum atomic E-state index is 9.97. The third-order valence-corrected chi connectivity index (χ3v) is 2.15. The fourth-order valence-electron chi connectivity index (χ4n) is 1.05. The van der Waals surface area contributed by atoms with E-state index in [0.717, 1.165) is 13.0 Å². The zero-order valence-corrected chi connectivity index (χ0v) is 9.01. The van der Waals surface area contributed by atoms with Crippen LogP contribution in [0.15, 0.2) is 0 Å². The van der Waals surface area contributed by atoms with Gasteiger partial charge >= 0.3 is 0 Å². The molecule has 13 heavy (non-hydrogen) atoms. The summed E-state index contributed by atoms with van der Waals surface area (Å²) in [5, 5.41) is 9.97. The van der Waals surface area contributed by atoms with Gasteiger partial charge in [-0.1, -0.05) is 13.8 Å². The minimum absolute atomic E-state index is 0.417. The van der Waals surface area contributed by atoms with Gasteiger partial charge in [0.25, 0.3) is 0 Å². The SMILES string of the molecule is CCCOCC(O)(CC)CCOC. The quantitative estimate of drug-likeness (QED) is 0.591. The first-order valence-corrected chi connectivity index (χ1v) is 4.97. The highest BCUT2D eigenvalue weighted by Crippen LogP contribution is 2.15. The molecule has 0 aromatic rings. The van der Waals surface area contributed by atoms with Crippen LogP contribution < -0.4 is 0 Å². The molecule has 3 nitrogen and oxygen atoms in total. The first kappa shape index (κ1) is 12.9. The lowest BCUT2D eigenvalue weighted by atomic mass is 9.98. The molecular formula is C10H22O3. The number of methoxy groups -OCH3 is 1. The third kappa shape index (κ3) is 6.02. The Hall–Kier alpha value is -0.120. The van der Waals surface area contributed by atoms with E-state index >= 15 is 0 Å². The van der Waals surface area contributed by atoms with Crippen LogP contribution in [0.3, 0.4) is 0 Å². The van der Waals surface area contributed by atoms with E-state index in [2.05, 4.69) is 6.92 Å². The molecule has 0 saturated carbocycles. The molecule has 0 aliphatic carbocycles. The van der Waals surface area contributed by atoms with Crippen LogP contribution in [0, 0.1) is 0 Å². The van der Waals surface area contributed by atoms with E-state index in [0.29, 0.717) is 26.1 Å². The van der Waals surface area contributed by atoms with Crippen molar-refractivity contribution in [2.24, 2.45) is 0 Å². The van der Waals surface area contributed by atoms with Gasteiger partial charge in [-0.15, -0.1) is 0 Å². The lowest BCUT2D eigenvalue weighted by Crippen LogP contribution is -2.35. The summed E-state index contributed by atoms with van der Waals surface area (Å²) in [5.74, 6) is 0. The van der Waals surface area contributed by atoms with Crippen LogP contribution in [0.4, 0.5) is 0 Å². The van der Waals surface area contributed by atoms with E-state index in [1.807, 2.05) is 6.92 Å². The van der Waals surface area contributed by atoms with Gasteiger partial charge in [0.05, 0.1) is 12.2 Å². The normalized spacial score (nSPS) is 15.7. The first-order valence-electron chi connectivity index (χ1n) is 4.97. The van der Waals surface area contributed by atoms with Gasteiger partial charge in [-0.25, -0.2) is 0 Å². The molecule has 0 rings (SSSR count). The highest BCUT2D eigenvalue weighted by molar-refractivity contribution is 4.75. The van der Waals surface area contributed by atoms with Crippen LogP contribution in [0.1, 0.15) is 33.1 Å². The van der Waals surface area contributed by atoms with Crippen molar-refractivity contribution < 1.29 is 14.6 Å². The topological polar surface area (TPSA) is 38.7 Å². The molecule has 0 bridgehead atoms. The average Bonchev–Trinajstić information content (AvgIpc) is 2.15. The number of ether oxygens (including phenoxy) is 2. The van der Waals surface area contributed by atoms with Crippen molar-refractivity contribution in [1.82, 2.24) is 0 Å². The van der Waals surface area contributed by atoms with Crippen molar-refractivity contribution in [3.8, 4) is 0 Å². The predicted molar refractivity (Wildman–Crippen MR) is 52.8 cm³/mol. The predicted octanol–water partition coefficient (Wildman–Crippen LogP) is 1.59. The average molecular weight is 190 g/mol. The molecule has 0 amide bonds. The number of hydrogen-bond donors (Lipinski definition) is 1. The summed E-state index contributed by atoms with van der Waals surface area (Å²) in [6.45, 7) is 5.74. The monoisotopic (exact) mass is 190 g/mol. The van der Waals surface area contributed by atoms with Gasteiger partial charge in [0.2, 0.25) is 0 Å². The van der Waals surface area contributed by atoms with Gasteiger partial charge in [0, 0.05) is 26.7 Å². The molecular weight excluding hydrogens is 168 g/mol. The highest BCUT2D eigenvalue weighted by atomic mass is 16.5. The van der Waals surface area contributed by atoms with E-state index in [9.17, 15) is 5.11 Å². The van der Waals surface area contributed by atoms with Gasteiger partial charge in [-0.3, -0.25) is 0 Å². The van der Waals surface area contributed by atoms with Crippen LogP contribution in [0.2, 0.25) is 0 Å². The van der Waals surface area contributed by atoms with E-state index < -0.39 is 5.60 Å². The minimum Gasteiger partial charge on any atom is -0.387 e. The Morgan fingerprint density at radius 3 is 2.38 bits per heavy atom. The fraction of sp³-hybridized carbons (Fsp3) is 1.00. The largest absolute Gasteiger partial charge is 0.387 e. The molecule has 0 saturated heterocycles. The van der Waals surface area contributed by atoms with Crippen LogP contribution in [-0.4, -0.2) is 37.6 Å². The van der Waals surface area contributed by atoms with E-state index in [1.165, 1.54) is 0 Å². The summed E-state index contributed by atoms with van der Waals surface area (Å²) in [6.07, 6.45) is 2.34. The molecule has 1 unspecified atom stereocenters. The Kier molecular flexibility index (Phi) is 7.23. The number of aliphatic hydroxyl groups is 1. The second-order valence-electron chi connectivity index (χ2n) is 3.37. The molecule has 0 heterocycles.